The SMILES string of the molecule is NC(=O)C[C@]1(O)CC[C@H](n2cc(-c3ccc(Oc4ccccc4)cc3)c3c(N)ncnc32)CC1. The van der Waals surface area contributed by atoms with Crippen LogP contribution in [0, 0.1) is 0 Å². The number of carbonyl (C=O) groups is 1. The first-order valence-corrected chi connectivity index (χ1v) is 11.4. The summed E-state index contributed by atoms with van der Waals surface area (Å²) in [5.74, 6) is 1.46. The zero-order valence-electron chi connectivity index (χ0n) is 18.7. The van der Waals surface area contributed by atoms with E-state index in [1.54, 1.807) is 0 Å². The number of fused-ring (bicyclic) bond motifs is 1. The number of aliphatic hydroxyl groups is 1. The van der Waals surface area contributed by atoms with Gasteiger partial charge in [-0.05, 0) is 55.5 Å². The van der Waals surface area contributed by atoms with Gasteiger partial charge in [0.1, 0.15) is 29.3 Å². The van der Waals surface area contributed by atoms with Crippen molar-refractivity contribution in [1.82, 2.24) is 14.5 Å². The second-order valence-corrected chi connectivity index (χ2v) is 8.95. The predicted octanol–water partition coefficient (Wildman–Crippen LogP) is 4.19. The number of nitrogens with zero attached hydrogens (tertiary/aromatic N) is 3. The van der Waals surface area contributed by atoms with Crippen LogP contribution in [-0.2, 0) is 4.79 Å². The Balaban J connectivity index is 1.45. The van der Waals surface area contributed by atoms with E-state index in [4.69, 9.17) is 16.2 Å². The summed E-state index contributed by atoms with van der Waals surface area (Å²) in [7, 11) is 0. The highest BCUT2D eigenvalue weighted by Gasteiger charge is 2.36. The summed E-state index contributed by atoms with van der Waals surface area (Å²) in [6.07, 6.45) is 5.95. The number of benzene rings is 2. The van der Waals surface area contributed by atoms with Crippen LogP contribution in [0.5, 0.6) is 11.5 Å². The number of para-hydroxylation sites is 1. The number of rotatable bonds is 6. The van der Waals surface area contributed by atoms with Crippen molar-refractivity contribution in [2.24, 2.45) is 5.73 Å². The number of primary amides is 1. The third-order valence-corrected chi connectivity index (χ3v) is 6.57. The van der Waals surface area contributed by atoms with Crippen molar-refractivity contribution >= 4 is 22.8 Å². The van der Waals surface area contributed by atoms with E-state index in [0.717, 1.165) is 33.7 Å². The molecule has 34 heavy (non-hydrogen) atoms. The first-order valence-electron chi connectivity index (χ1n) is 11.4. The second kappa shape index (κ2) is 8.79. The molecule has 0 atom stereocenters. The molecule has 0 spiro atoms. The Hall–Kier alpha value is -3.91. The van der Waals surface area contributed by atoms with Crippen molar-refractivity contribution in [3.63, 3.8) is 0 Å². The third kappa shape index (κ3) is 4.32. The van der Waals surface area contributed by atoms with Crippen molar-refractivity contribution in [3.8, 4) is 22.6 Å². The summed E-state index contributed by atoms with van der Waals surface area (Å²) in [5, 5.41) is 11.5. The van der Waals surface area contributed by atoms with Gasteiger partial charge in [-0.3, -0.25) is 4.79 Å². The van der Waals surface area contributed by atoms with Crippen LogP contribution >= 0.6 is 0 Å². The van der Waals surface area contributed by atoms with Gasteiger partial charge in [0, 0.05) is 17.8 Å². The lowest BCUT2D eigenvalue weighted by Gasteiger charge is -2.36. The van der Waals surface area contributed by atoms with Gasteiger partial charge >= 0.3 is 0 Å². The Morgan fingerprint density at radius 1 is 1.06 bits per heavy atom. The Kier molecular flexibility index (Phi) is 5.67. The molecule has 1 aliphatic carbocycles. The molecular formula is C26H27N5O3. The summed E-state index contributed by atoms with van der Waals surface area (Å²) in [5.41, 5.74) is 13.3. The fourth-order valence-electron chi connectivity index (χ4n) is 4.85. The molecule has 0 aliphatic heterocycles. The Labute approximate surface area is 197 Å². The molecule has 1 aliphatic rings. The summed E-state index contributed by atoms with van der Waals surface area (Å²) < 4.78 is 8.04. The van der Waals surface area contributed by atoms with E-state index in [1.807, 2.05) is 54.6 Å². The Bertz CT molecular complexity index is 1310. The quantitative estimate of drug-likeness (QED) is 0.398. The first kappa shape index (κ1) is 21.9. The number of anilines is 1. The normalized spacial score (nSPS) is 20.3. The third-order valence-electron chi connectivity index (χ3n) is 6.57. The van der Waals surface area contributed by atoms with Gasteiger partial charge in [-0.2, -0.15) is 0 Å². The summed E-state index contributed by atoms with van der Waals surface area (Å²) in [6, 6.07) is 17.6. The number of carbonyl (C=O) groups excluding carboxylic acids is 1. The molecule has 5 rings (SSSR count). The van der Waals surface area contributed by atoms with Gasteiger partial charge in [0.25, 0.3) is 0 Å². The highest BCUT2D eigenvalue weighted by Crippen LogP contribution is 2.41. The minimum absolute atomic E-state index is 0.0100. The van der Waals surface area contributed by atoms with Crippen LogP contribution in [0.4, 0.5) is 5.82 Å². The zero-order chi connectivity index (χ0) is 23.7. The van der Waals surface area contributed by atoms with Crippen LogP contribution in [0.25, 0.3) is 22.2 Å². The maximum atomic E-state index is 11.3. The summed E-state index contributed by atoms with van der Waals surface area (Å²) in [4.78, 5) is 20.1. The lowest BCUT2D eigenvalue weighted by Crippen LogP contribution is -2.38. The predicted molar refractivity (Wildman–Crippen MR) is 130 cm³/mol. The molecule has 5 N–H and O–H groups in total. The largest absolute Gasteiger partial charge is 0.457 e. The summed E-state index contributed by atoms with van der Waals surface area (Å²) in [6.45, 7) is 0. The molecule has 8 heteroatoms. The van der Waals surface area contributed by atoms with Crippen molar-refractivity contribution in [2.45, 2.75) is 43.7 Å². The molecule has 0 bridgehead atoms. The van der Waals surface area contributed by atoms with Crippen molar-refractivity contribution in [3.05, 3.63) is 67.1 Å². The van der Waals surface area contributed by atoms with Gasteiger partial charge in [0.05, 0.1) is 17.4 Å². The molecule has 4 aromatic rings. The number of hydrogen-bond acceptors (Lipinski definition) is 6. The van der Waals surface area contributed by atoms with Gasteiger partial charge in [-0.15, -0.1) is 0 Å². The molecule has 2 heterocycles. The number of nitrogen functional groups attached to an aromatic ring is 1. The van der Waals surface area contributed by atoms with E-state index in [0.29, 0.717) is 31.5 Å². The number of aromatic nitrogens is 3. The molecule has 2 aromatic heterocycles. The van der Waals surface area contributed by atoms with E-state index in [2.05, 4.69) is 20.7 Å². The molecule has 174 valence electrons. The van der Waals surface area contributed by atoms with E-state index in [9.17, 15) is 9.90 Å². The van der Waals surface area contributed by atoms with Crippen LogP contribution in [0.1, 0.15) is 38.1 Å². The number of ether oxygens (including phenoxy) is 1. The van der Waals surface area contributed by atoms with Gasteiger partial charge in [-0.1, -0.05) is 30.3 Å². The van der Waals surface area contributed by atoms with Gasteiger partial charge < -0.3 is 25.9 Å². The molecular weight excluding hydrogens is 430 g/mol. The molecule has 0 unspecified atom stereocenters. The number of amides is 1. The number of hydrogen-bond donors (Lipinski definition) is 3. The van der Waals surface area contributed by atoms with E-state index in [1.165, 1.54) is 6.33 Å². The highest BCUT2D eigenvalue weighted by atomic mass is 16.5. The van der Waals surface area contributed by atoms with E-state index < -0.39 is 11.5 Å². The Morgan fingerprint density at radius 3 is 2.41 bits per heavy atom. The van der Waals surface area contributed by atoms with Crippen LogP contribution < -0.4 is 16.2 Å². The molecule has 0 saturated heterocycles. The van der Waals surface area contributed by atoms with Crippen molar-refractivity contribution in [1.29, 1.82) is 0 Å². The average molecular weight is 458 g/mol. The second-order valence-electron chi connectivity index (χ2n) is 8.95. The smallest absolute Gasteiger partial charge is 0.220 e. The lowest BCUT2D eigenvalue weighted by molar-refractivity contribution is -0.124. The maximum Gasteiger partial charge on any atom is 0.220 e. The molecule has 1 fully saturated rings. The summed E-state index contributed by atoms with van der Waals surface area (Å²) >= 11 is 0. The highest BCUT2D eigenvalue weighted by molar-refractivity contribution is 6.00. The minimum Gasteiger partial charge on any atom is -0.457 e. The van der Waals surface area contributed by atoms with Gasteiger partial charge in [0.2, 0.25) is 5.91 Å². The standard InChI is InChI=1S/C26H27N5O3/c27-22(32)14-26(33)12-10-18(11-13-26)31-15-21(23-24(28)29-16-30-25(23)31)17-6-8-20(9-7-17)34-19-4-2-1-3-5-19/h1-9,15-16,18,33H,10-14H2,(H2,27,32)(H2,28,29,30)/t18-,26-. The van der Waals surface area contributed by atoms with Crippen molar-refractivity contribution < 1.29 is 14.6 Å². The topological polar surface area (TPSA) is 129 Å². The monoisotopic (exact) mass is 457 g/mol. The van der Waals surface area contributed by atoms with E-state index in [-0.39, 0.29) is 12.5 Å². The van der Waals surface area contributed by atoms with Crippen LogP contribution in [0.15, 0.2) is 67.1 Å². The average Bonchev–Trinajstić information content (AvgIpc) is 3.21. The fraction of sp³-hybridized carbons (Fsp3) is 0.269. The molecule has 1 saturated carbocycles. The van der Waals surface area contributed by atoms with Crippen LogP contribution in [0.3, 0.4) is 0 Å². The molecule has 1 amide bonds. The lowest BCUT2D eigenvalue weighted by atomic mass is 9.80. The number of nitrogens with two attached hydrogens (primary N) is 2. The molecule has 8 nitrogen and oxygen atoms in total. The van der Waals surface area contributed by atoms with Gasteiger partial charge in [-0.25, -0.2) is 9.97 Å². The van der Waals surface area contributed by atoms with Crippen LogP contribution in [-0.4, -0.2) is 31.1 Å². The maximum absolute atomic E-state index is 11.3. The molecule has 2 aromatic carbocycles. The fourth-order valence-corrected chi connectivity index (χ4v) is 4.85. The minimum atomic E-state index is -1.03. The molecule has 0 radical (unpaired) electrons. The van der Waals surface area contributed by atoms with Crippen molar-refractivity contribution in [2.75, 3.05) is 5.73 Å². The first-order chi connectivity index (χ1) is 16.4. The van der Waals surface area contributed by atoms with Gasteiger partial charge in [0.15, 0.2) is 0 Å². The van der Waals surface area contributed by atoms with E-state index >= 15 is 0 Å². The Morgan fingerprint density at radius 2 is 1.74 bits per heavy atom. The van der Waals surface area contributed by atoms with Crippen LogP contribution in [0.2, 0.25) is 0 Å². The zero-order valence-corrected chi connectivity index (χ0v) is 18.7.